The van der Waals surface area contributed by atoms with Crippen LogP contribution in [0.4, 0.5) is 0 Å². The molecule has 8 nitrogen and oxygen atoms in total. The van der Waals surface area contributed by atoms with Crippen LogP contribution in [0, 0.1) is 0 Å². The largest absolute Gasteiger partial charge is 0.353 e. The van der Waals surface area contributed by atoms with Crippen LogP contribution in [0.15, 0.2) is 53.6 Å². The Labute approximate surface area is 373 Å². The Bertz CT molecular complexity index is 1320. The molecule has 0 heterocycles. The van der Waals surface area contributed by atoms with Gasteiger partial charge in [0.2, 0.25) is 17.7 Å². The minimum absolute atomic E-state index is 0.0560. The number of ketones is 1. The van der Waals surface area contributed by atoms with Crippen molar-refractivity contribution in [2.45, 2.75) is 226 Å². The molecule has 0 saturated heterocycles. The average Bonchev–Trinajstić information content (AvgIpc) is 3.26. The lowest BCUT2D eigenvalue weighted by Crippen LogP contribution is -2.53. The molecule has 0 fully saturated rings. The van der Waals surface area contributed by atoms with Crippen LogP contribution in [0.3, 0.4) is 0 Å². The number of carbonyl (C=O) groups is 4. The van der Waals surface area contributed by atoms with E-state index < -0.39 is 6.04 Å². The van der Waals surface area contributed by atoms with Crippen molar-refractivity contribution in [3.63, 3.8) is 0 Å². The molecule has 0 spiro atoms. The van der Waals surface area contributed by atoms with Crippen molar-refractivity contribution in [3.8, 4) is 0 Å². The SMILES string of the molecule is CCCCCCCC/C=C\CCCCCCCC(=O)NCC(NC(=O)CCCCCCC/C=C\CCCCCCCC)C(=O)NCCN=Cc1ccc(C(=O)CCCC)cc1. The Morgan fingerprint density at radius 3 is 1.44 bits per heavy atom. The normalized spacial score (nSPS) is 12.1. The number of hydrogen-bond acceptors (Lipinski definition) is 5. The van der Waals surface area contributed by atoms with Crippen molar-refractivity contribution in [2.24, 2.45) is 4.99 Å². The van der Waals surface area contributed by atoms with Crippen molar-refractivity contribution in [3.05, 3.63) is 59.7 Å². The summed E-state index contributed by atoms with van der Waals surface area (Å²) in [5, 5.41) is 8.69. The molecule has 3 N–H and O–H groups in total. The van der Waals surface area contributed by atoms with Crippen LogP contribution in [0.2, 0.25) is 0 Å². The second-order valence-electron chi connectivity index (χ2n) is 17.1. The molecular formula is C53H90N4O4. The van der Waals surface area contributed by atoms with Gasteiger partial charge >= 0.3 is 0 Å². The van der Waals surface area contributed by atoms with Gasteiger partial charge in [-0.25, -0.2) is 0 Å². The second kappa shape index (κ2) is 41.8. The van der Waals surface area contributed by atoms with E-state index in [1.165, 1.54) is 109 Å². The van der Waals surface area contributed by atoms with Gasteiger partial charge in [-0.1, -0.05) is 178 Å². The van der Waals surface area contributed by atoms with Gasteiger partial charge in [-0.2, -0.15) is 0 Å². The van der Waals surface area contributed by atoms with Crippen LogP contribution in [-0.2, 0) is 14.4 Å². The molecule has 1 atom stereocenters. The predicted octanol–water partition coefficient (Wildman–Crippen LogP) is 13.3. The number of aliphatic imine (C=N–C) groups is 1. The third kappa shape index (κ3) is 34.7. The van der Waals surface area contributed by atoms with Gasteiger partial charge in [-0.05, 0) is 76.2 Å². The molecule has 0 radical (unpaired) electrons. The molecule has 0 aliphatic rings. The molecule has 0 aliphatic carbocycles. The number of Topliss-reactive ketones (excluding diaryl/α,β-unsaturated/α-hetero) is 1. The quantitative estimate of drug-likeness (QED) is 0.0263. The fourth-order valence-corrected chi connectivity index (χ4v) is 7.27. The molecule has 1 rings (SSSR count). The Kier molecular flexibility index (Phi) is 38.0. The fraction of sp³-hybridized carbons (Fsp3) is 0.717. The summed E-state index contributed by atoms with van der Waals surface area (Å²) in [6.45, 7) is 7.31. The number of nitrogens with zero attached hydrogens (tertiary/aromatic N) is 1. The van der Waals surface area contributed by atoms with Gasteiger partial charge in [0, 0.05) is 44.1 Å². The highest BCUT2D eigenvalue weighted by Gasteiger charge is 2.21. The molecule has 0 bridgehead atoms. The smallest absolute Gasteiger partial charge is 0.244 e. The minimum Gasteiger partial charge on any atom is -0.353 e. The third-order valence-corrected chi connectivity index (χ3v) is 11.3. The van der Waals surface area contributed by atoms with Crippen LogP contribution in [0.5, 0.6) is 0 Å². The van der Waals surface area contributed by atoms with Crippen LogP contribution in [-0.4, -0.2) is 55.4 Å². The van der Waals surface area contributed by atoms with Crippen LogP contribution in [0.1, 0.15) is 236 Å². The summed E-state index contributed by atoms with van der Waals surface area (Å²) in [5.74, 6) is -0.436. The molecule has 346 valence electrons. The highest BCUT2D eigenvalue weighted by Crippen LogP contribution is 2.13. The summed E-state index contributed by atoms with van der Waals surface area (Å²) < 4.78 is 0. The summed E-state index contributed by atoms with van der Waals surface area (Å²) >= 11 is 0. The van der Waals surface area contributed by atoms with E-state index in [0.717, 1.165) is 76.2 Å². The Morgan fingerprint density at radius 1 is 0.508 bits per heavy atom. The Balaban J connectivity index is 2.43. The summed E-state index contributed by atoms with van der Waals surface area (Å²) in [5.41, 5.74) is 1.59. The maximum Gasteiger partial charge on any atom is 0.244 e. The number of amides is 3. The van der Waals surface area contributed by atoms with Gasteiger partial charge in [0.25, 0.3) is 0 Å². The number of allylic oxidation sites excluding steroid dienone is 4. The number of hydrogen-bond donors (Lipinski definition) is 3. The van der Waals surface area contributed by atoms with E-state index in [4.69, 9.17) is 0 Å². The standard InChI is InChI=1S/C53H90N4O4/c1-4-7-10-12-14-16-18-20-22-24-26-28-30-32-34-37-51(59)56-46-49(53(61)55-44-43-54-45-47-39-41-48(42-40-47)50(58)36-9-6-3)57-52(60)38-35-33-31-29-27-25-23-21-19-17-15-13-11-8-5-2/h20-23,39-42,45,49H,4-19,24-38,43-44,46H2,1-3H3,(H,55,61)(H,56,59)(H,57,60)/b22-20-,23-21-,54-45?. The summed E-state index contributed by atoms with van der Waals surface area (Å²) in [4.78, 5) is 55.7. The van der Waals surface area contributed by atoms with Gasteiger partial charge in [-0.3, -0.25) is 24.2 Å². The second-order valence-corrected chi connectivity index (χ2v) is 17.1. The first-order chi connectivity index (χ1) is 29.9. The first-order valence-electron chi connectivity index (χ1n) is 25.2. The van der Waals surface area contributed by atoms with E-state index in [1.54, 1.807) is 6.21 Å². The number of nitrogens with one attached hydrogen (secondary N) is 3. The molecule has 3 amide bonds. The van der Waals surface area contributed by atoms with Crippen molar-refractivity contribution < 1.29 is 19.2 Å². The molecule has 1 unspecified atom stereocenters. The first kappa shape index (κ1) is 55.5. The zero-order valence-electron chi connectivity index (χ0n) is 39.4. The lowest BCUT2D eigenvalue weighted by atomic mass is 10.0. The molecule has 0 aliphatic heterocycles. The molecule has 8 heteroatoms. The zero-order valence-corrected chi connectivity index (χ0v) is 39.4. The fourth-order valence-electron chi connectivity index (χ4n) is 7.27. The molecular weight excluding hydrogens is 757 g/mol. The molecule has 0 aromatic heterocycles. The van der Waals surface area contributed by atoms with Gasteiger partial charge in [0.15, 0.2) is 5.78 Å². The van der Waals surface area contributed by atoms with Crippen molar-refractivity contribution in [1.29, 1.82) is 0 Å². The van der Waals surface area contributed by atoms with E-state index in [9.17, 15) is 19.2 Å². The van der Waals surface area contributed by atoms with Crippen molar-refractivity contribution >= 4 is 29.7 Å². The van der Waals surface area contributed by atoms with Gasteiger partial charge in [0.1, 0.15) is 6.04 Å². The number of benzene rings is 1. The molecule has 61 heavy (non-hydrogen) atoms. The third-order valence-electron chi connectivity index (χ3n) is 11.3. The minimum atomic E-state index is -0.851. The van der Waals surface area contributed by atoms with E-state index in [2.05, 4.69) is 66.0 Å². The van der Waals surface area contributed by atoms with Crippen molar-refractivity contribution in [2.75, 3.05) is 19.6 Å². The Morgan fingerprint density at radius 2 is 0.951 bits per heavy atom. The number of carbonyl (C=O) groups excluding carboxylic acids is 4. The van der Waals surface area contributed by atoms with E-state index in [-0.39, 0.29) is 30.0 Å². The lowest BCUT2D eigenvalue weighted by molar-refractivity contribution is -0.129. The summed E-state index contributed by atoms with van der Waals surface area (Å²) in [6, 6.07) is 6.57. The highest BCUT2D eigenvalue weighted by atomic mass is 16.2. The van der Waals surface area contributed by atoms with Crippen LogP contribution >= 0.6 is 0 Å². The van der Waals surface area contributed by atoms with E-state index in [0.29, 0.717) is 37.9 Å². The van der Waals surface area contributed by atoms with Gasteiger partial charge < -0.3 is 16.0 Å². The van der Waals surface area contributed by atoms with Gasteiger partial charge in [0.05, 0.1) is 6.54 Å². The topological polar surface area (TPSA) is 117 Å². The zero-order chi connectivity index (χ0) is 44.3. The summed E-state index contributed by atoms with van der Waals surface area (Å²) in [6.07, 6.45) is 45.5. The Hall–Kier alpha value is -3.55. The summed E-state index contributed by atoms with van der Waals surface area (Å²) in [7, 11) is 0. The monoisotopic (exact) mass is 847 g/mol. The first-order valence-corrected chi connectivity index (χ1v) is 25.2. The number of rotatable bonds is 42. The predicted molar refractivity (Wildman–Crippen MR) is 260 cm³/mol. The molecule has 0 saturated carbocycles. The average molecular weight is 847 g/mol. The van der Waals surface area contributed by atoms with Crippen LogP contribution in [0.25, 0.3) is 0 Å². The molecule has 1 aromatic carbocycles. The van der Waals surface area contributed by atoms with Crippen molar-refractivity contribution in [1.82, 2.24) is 16.0 Å². The maximum absolute atomic E-state index is 13.2. The maximum atomic E-state index is 13.2. The highest BCUT2D eigenvalue weighted by molar-refractivity contribution is 5.96. The van der Waals surface area contributed by atoms with Gasteiger partial charge in [-0.15, -0.1) is 0 Å². The molecule has 1 aromatic rings. The lowest BCUT2D eigenvalue weighted by Gasteiger charge is -2.19. The van der Waals surface area contributed by atoms with Crippen LogP contribution < -0.4 is 16.0 Å². The number of unbranched alkanes of at least 4 members (excludes halogenated alkanes) is 23. The van der Waals surface area contributed by atoms with E-state index >= 15 is 0 Å². The van der Waals surface area contributed by atoms with E-state index in [1.807, 2.05) is 24.3 Å².